The van der Waals surface area contributed by atoms with E-state index in [4.69, 9.17) is 0 Å². The summed E-state index contributed by atoms with van der Waals surface area (Å²) >= 11 is 0. The molecule has 0 aromatic carbocycles. The van der Waals surface area contributed by atoms with Crippen LogP contribution in [0, 0.1) is 0 Å². The molecule has 0 fully saturated rings. The lowest BCUT2D eigenvalue weighted by Crippen LogP contribution is -2.24. The number of hydrogen-bond donors (Lipinski definition) is 3. The summed E-state index contributed by atoms with van der Waals surface area (Å²) in [6.07, 6.45) is 5.08. The summed E-state index contributed by atoms with van der Waals surface area (Å²) in [4.78, 5) is 16.2. The molecule has 2 aromatic rings. The number of carbonyl (C=O) groups is 1. The van der Waals surface area contributed by atoms with Gasteiger partial charge in [-0.3, -0.25) is 9.89 Å². The van der Waals surface area contributed by atoms with Crippen LogP contribution >= 0.6 is 0 Å². The summed E-state index contributed by atoms with van der Waals surface area (Å²) in [5.74, 6) is 0.449. The third kappa shape index (κ3) is 2.85. The minimum absolute atomic E-state index is 0.153. The van der Waals surface area contributed by atoms with Crippen LogP contribution in [0.15, 0.2) is 30.7 Å². The first-order valence-electron chi connectivity index (χ1n) is 5.76. The van der Waals surface area contributed by atoms with Crippen molar-refractivity contribution in [3.05, 3.63) is 41.9 Å². The van der Waals surface area contributed by atoms with E-state index in [0.717, 1.165) is 12.1 Å². The van der Waals surface area contributed by atoms with Crippen molar-refractivity contribution < 1.29 is 4.79 Å². The normalized spacial score (nSPS) is 10.1. The van der Waals surface area contributed by atoms with Gasteiger partial charge in [0.1, 0.15) is 5.82 Å². The lowest BCUT2D eigenvalue weighted by Gasteiger charge is -2.09. The monoisotopic (exact) mass is 245 g/mol. The van der Waals surface area contributed by atoms with Gasteiger partial charge < -0.3 is 10.6 Å². The largest absolute Gasteiger partial charge is 0.370 e. The molecule has 1 amide bonds. The number of nitrogens with zero attached hydrogens (tertiary/aromatic N) is 2. The van der Waals surface area contributed by atoms with Gasteiger partial charge in [0.25, 0.3) is 5.91 Å². The highest BCUT2D eigenvalue weighted by Crippen LogP contribution is 2.11. The highest BCUT2D eigenvalue weighted by molar-refractivity contribution is 5.98. The molecule has 6 nitrogen and oxygen atoms in total. The third-order valence-electron chi connectivity index (χ3n) is 2.40. The van der Waals surface area contributed by atoms with Crippen molar-refractivity contribution in [3.63, 3.8) is 0 Å². The Kier molecular flexibility index (Phi) is 3.90. The molecule has 0 unspecified atom stereocenters. The second kappa shape index (κ2) is 5.81. The maximum atomic E-state index is 12.0. The van der Waals surface area contributed by atoms with Crippen LogP contribution in [-0.4, -0.2) is 27.6 Å². The topological polar surface area (TPSA) is 82.7 Å². The fourth-order valence-electron chi connectivity index (χ4n) is 1.55. The Bertz CT molecular complexity index is 509. The first-order valence-corrected chi connectivity index (χ1v) is 5.76. The quantitative estimate of drug-likeness (QED) is 0.738. The van der Waals surface area contributed by atoms with E-state index in [1.54, 1.807) is 30.7 Å². The number of aromatic amines is 1. The fraction of sp³-hybridized carbons (Fsp3) is 0.250. The van der Waals surface area contributed by atoms with Gasteiger partial charge >= 0.3 is 0 Å². The van der Waals surface area contributed by atoms with Crippen LogP contribution in [0.2, 0.25) is 0 Å². The summed E-state index contributed by atoms with van der Waals surface area (Å²) < 4.78 is 0. The molecule has 0 saturated carbocycles. The Morgan fingerprint density at radius 3 is 3.11 bits per heavy atom. The van der Waals surface area contributed by atoms with Gasteiger partial charge in [0, 0.05) is 31.0 Å². The van der Waals surface area contributed by atoms with E-state index in [-0.39, 0.29) is 5.91 Å². The highest BCUT2D eigenvalue weighted by atomic mass is 16.1. The van der Waals surface area contributed by atoms with Crippen LogP contribution in [0.3, 0.4) is 0 Å². The Balaban J connectivity index is 2.04. The summed E-state index contributed by atoms with van der Waals surface area (Å²) in [6.45, 7) is 3.12. The van der Waals surface area contributed by atoms with Gasteiger partial charge in [-0.25, -0.2) is 4.98 Å². The van der Waals surface area contributed by atoms with Gasteiger partial charge in [-0.15, -0.1) is 0 Å². The predicted octanol–water partition coefficient (Wildman–Crippen LogP) is 1.17. The summed E-state index contributed by atoms with van der Waals surface area (Å²) in [7, 11) is 0. The Labute approximate surface area is 105 Å². The third-order valence-corrected chi connectivity index (χ3v) is 2.40. The minimum Gasteiger partial charge on any atom is -0.370 e. The van der Waals surface area contributed by atoms with Crippen molar-refractivity contribution in [2.75, 3.05) is 11.9 Å². The second-order valence-corrected chi connectivity index (χ2v) is 3.72. The lowest BCUT2D eigenvalue weighted by molar-refractivity contribution is 0.0951. The van der Waals surface area contributed by atoms with Crippen molar-refractivity contribution in [1.82, 2.24) is 20.5 Å². The van der Waals surface area contributed by atoms with E-state index < -0.39 is 0 Å². The van der Waals surface area contributed by atoms with Crippen LogP contribution in [0.4, 0.5) is 5.82 Å². The van der Waals surface area contributed by atoms with Gasteiger partial charge in [0.15, 0.2) is 0 Å². The van der Waals surface area contributed by atoms with Crippen molar-refractivity contribution in [2.24, 2.45) is 0 Å². The molecule has 0 aliphatic rings. The van der Waals surface area contributed by atoms with Crippen molar-refractivity contribution in [3.8, 4) is 0 Å². The standard InChI is InChI=1S/C12H15N5O/c1-2-13-11-10(4-3-5-14-11)12(18)15-6-9-7-16-17-8-9/h3-5,7-8H,2,6H2,1H3,(H,13,14)(H,15,18)(H,16,17). The number of aromatic nitrogens is 3. The zero-order valence-corrected chi connectivity index (χ0v) is 10.1. The Morgan fingerprint density at radius 2 is 2.39 bits per heavy atom. The van der Waals surface area contributed by atoms with Gasteiger partial charge in [-0.05, 0) is 19.1 Å². The Morgan fingerprint density at radius 1 is 1.50 bits per heavy atom. The predicted molar refractivity (Wildman–Crippen MR) is 68.2 cm³/mol. The number of carbonyl (C=O) groups excluding carboxylic acids is 1. The van der Waals surface area contributed by atoms with Crippen LogP contribution in [0.5, 0.6) is 0 Å². The number of anilines is 1. The zero-order valence-electron chi connectivity index (χ0n) is 10.1. The number of nitrogens with one attached hydrogen (secondary N) is 3. The number of hydrogen-bond acceptors (Lipinski definition) is 4. The number of pyridine rings is 1. The number of rotatable bonds is 5. The molecular weight excluding hydrogens is 230 g/mol. The van der Waals surface area contributed by atoms with E-state index in [1.165, 1.54) is 0 Å². The molecular formula is C12H15N5O. The molecule has 0 aliphatic carbocycles. The summed E-state index contributed by atoms with van der Waals surface area (Å²) in [5, 5.41) is 12.4. The molecule has 2 aromatic heterocycles. The van der Waals surface area contributed by atoms with Gasteiger partial charge in [0.05, 0.1) is 11.8 Å². The van der Waals surface area contributed by atoms with E-state index in [9.17, 15) is 4.79 Å². The molecule has 3 N–H and O–H groups in total. The molecule has 18 heavy (non-hydrogen) atoms. The fourth-order valence-corrected chi connectivity index (χ4v) is 1.55. The van der Waals surface area contributed by atoms with E-state index in [0.29, 0.717) is 17.9 Å². The molecule has 0 radical (unpaired) electrons. The number of H-pyrrole nitrogens is 1. The first kappa shape index (κ1) is 12.1. The lowest BCUT2D eigenvalue weighted by atomic mass is 10.2. The summed E-state index contributed by atoms with van der Waals surface area (Å²) in [5.41, 5.74) is 1.47. The molecule has 94 valence electrons. The zero-order chi connectivity index (χ0) is 12.8. The molecule has 2 rings (SSSR count). The average Bonchev–Trinajstić information content (AvgIpc) is 2.90. The smallest absolute Gasteiger partial charge is 0.255 e. The highest BCUT2D eigenvalue weighted by Gasteiger charge is 2.11. The van der Waals surface area contributed by atoms with Gasteiger partial charge in [0.2, 0.25) is 0 Å². The molecule has 0 spiro atoms. The average molecular weight is 245 g/mol. The number of amides is 1. The summed E-state index contributed by atoms with van der Waals surface area (Å²) in [6, 6.07) is 3.49. The van der Waals surface area contributed by atoms with Crippen LogP contribution in [0.25, 0.3) is 0 Å². The minimum atomic E-state index is -0.153. The molecule has 0 atom stereocenters. The molecule has 2 heterocycles. The van der Waals surface area contributed by atoms with Gasteiger partial charge in [-0.1, -0.05) is 0 Å². The van der Waals surface area contributed by atoms with Crippen molar-refractivity contribution in [2.45, 2.75) is 13.5 Å². The van der Waals surface area contributed by atoms with Crippen molar-refractivity contribution >= 4 is 11.7 Å². The second-order valence-electron chi connectivity index (χ2n) is 3.72. The van der Waals surface area contributed by atoms with Gasteiger partial charge in [-0.2, -0.15) is 5.10 Å². The van der Waals surface area contributed by atoms with Crippen LogP contribution in [-0.2, 0) is 6.54 Å². The molecule has 0 aliphatic heterocycles. The molecule has 0 saturated heterocycles. The Hall–Kier alpha value is -2.37. The van der Waals surface area contributed by atoms with Crippen LogP contribution < -0.4 is 10.6 Å². The molecule has 6 heteroatoms. The molecule has 0 bridgehead atoms. The SMILES string of the molecule is CCNc1ncccc1C(=O)NCc1cn[nH]c1. The van der Waals surface area contributed by atoms with E-state index >= 15 is 0 Å². The van der Waals surface area contributed by atoms with E-state index in [1.807, 2.05) is 6.92 Å². The maximum absolute atomic E-state index is 12.0. The maximum Gasteiger partial charge on any atom is 0.255 e. The van der Waals surface area contributed by atoms with Crippen LogP contribution in [0.1, 0.15) is 22.8 Å². The van der Waals surface area contributed by atoms with Crippen molar-refractivity contribution in [1.29, 1.82) is 0 Å². The first-order chi connectivity index (χ1) is 8.81. The van der Waals surface area contributed by atoms with E-state index in [2.05, 4.69) is 25.8 Å².